The monoisotopic (exact) mass is 258 g/mol. The number of benzene rings is 1. The van der Waals surface area contributed by atoms with Crippen LogP contribution in [0.15, 0.2) is 28.8 Å². The molecule has 0 radical (unpaired) electrons. The quantitative estimate of drug-likeness (QED) is 0.901. The number of rotatable bonds is 2. The molecule has 0 saturated carbocycles. The normalized spacial score (nSPS) is 9.94. The predicted octanol–water partition coefficient (Wildman–Crippen LogP) is 3.18. The highest BCUT2D eigenvalue weighted by molar-refractivity contribution is 6.30. The zero-order valence-corrected chi connectivity index (χ0v) is 10.3. The fourth-order valence-corrected chi connectivity index (χ4v) is 1.56. The first-order chi connectivity index (χ1) is 7.22. The second-order valence-corrected chi connectivity index (χ2v) is 3.73. The van der Waals surface area contributed by atoms with Crippen molar-refractivity contribution in [1.29, 1.82) is 0 Å². The molecule has 2 aromatic rings. The van der Waals surface area contributed by atoms with Crippen molar-refractivity contribution in [2.75, 3.05) is 0 Å². The molecule has 3 nitrogen and oxygen atoms in total. The van der Waals surface area contributed by atoms with E-state index in [1.165, 1.54) is 0 Å². The maximum absolute atomic E-state index is 5.81. The Kier molecular flexibility index (Phi) is 4.35. The molecule has 16 heavy (non-hydrogen) atoms. The van der Waals surface area contributed by atoms with Crippen LogP contribution in [0.4, 0.5) is 0 Å². The van der Waals surface area contributed by atoms with Crippen molar-refractivity contribution in [2.45, 2.75) is 13.5 Å². The van der Waals surface area contributed by atoms with Crippen molar-refractivity contribution >= 4 is 24.0 Å². The molecular formula is C11H12Cl2N2O. The van der Waals surface area contributed by atoms with E-state index in [1.807, 2.05) is 31.2 Å². The van der Waals surface area contributed by atoms with Crippen molar-refractivity contribution < 1.29 is 4.52 Å². The van der Waals surface area contributed by atoms with Gasteiger partial charge in [-0.15, -0.1) is 12.4 Å². The number of hydrogen-bond acceptors (Lipinski definition) is 3. The van der Waals surface area contributed by atoms with Crippen LogP contribution in [0.1, 0.15) is 11.3 Å². The Labute approximate surface area is 105 Å². The number of halogens is 2. The van der Waals surface area contributed by atoms with E-state index in [1.54, 1.807) is 0 Å². The van der Waals surface area contributed by atoms with Crippen LogP contribution in [0.25, 0.3) is 11.3 Å². The average molecular weight is 259 g/mol. The highest BCUT2D eigenvalue weighted by Gasteiger charge is 2.11. The summed E-state index contributed by atoms with van der Waals surface area (Å²) in [7, 11) is 0. The third-order valence-electron chi connectivity index (χ3n) is 2.32. The zero-order chi connectivity index (χ0) is 10.8. The molecule has 1 heterocycles. The first-order valence-electron chi connectivity index (χ1n) is 4.63. The first-order valence-corrected chi connectivity index (χ1v) is 5.01. The molecule has 2 N–H and O–H groups in total. The minimum atomic E-state index is 0. The summed E-state index contributed by atoms with van der Waals surface area (Å²) in [5.41, 5.74) is 8.26. The molecule has 0 bridgehead atoms. The van der Waals surface area contributed by atoms with E-state index in [4.69, 9.17) is 21.9 Å². The van der Waals surface area contributed by atoms with E-state index >= 15 is 0 Å². The van der Waals surface area contributed by atoms with E-state index < -0.39 is 0 Å². The molecule has 5 heteroatoms. The van der Waals surface area contributed by atoms with Crippen molar-refractivity contribution in [3.8, 4) is 11.3 Å². The maximum Gasteiger partial charge on any atom is 0.170 e. The highest BCUT2D eigenvalue weighted by Crippen LogP contribution is 2.26. The average Bonchev–Trinajstić information content (AvgIpc) is 2.61. The summed E-state index contributed by atoms with van der Waals surface area (Å²) < 4.78 is 5.24. The molecule has 0 aliphatic heterocycles. The van der Waals surface area contributed by atoms with Gasteiger partial charge in [0.25, 0.3) is 0 Å². The molecule has 0 saturated heterocycles. The molecular weight excluding hydrogens is 247 g/mol. The Morgan fingerprint density at radius 3 is 2.44 bits per heavy atom. The summed E-state index contributed by atoms with van der Waals surface area (Å²) in [6, 6.07) is 7.44. The van der Waals surface area contributed by atoms with Crippen LogP contribution in [-0.2, 0) is 6.54 Å². The molecule has 86 valence electrons. The molecule has 0 aliphatic rings. The topological polar surface area (TPSA) is 52.0 Å². The third kappa shape index (κ3) is 2.38. The lowest BCUT2D eigenvalue weighted by atomic mass is 10.1. The maximum atomic E-state index is 5.81. The van der Waals surface area contributed by atoms with Crippen LogP contribution in [0.5, 0.6) is 0 Å². The summed E-state index contributed by atoms with van der Waals surface area (Å²) in [4.78, 5) is 0. The van der Waals surface area contributed by atoms with Crippen molar-refractivity contribution in [3.05, 3.63) is 40.5 Å². The molecule has 0 unspecified atom stereocenters. The zero-order valence-electron chi connectivity index (χ0n) is 8.74. The molecule has 0 amide bonds. The number of nitrogens with two attached hydrogens (primary N) is 1. The lowest BCUT2D eigenvalue weighted by Crippen LogP contribution is -1.97. The highest BCUT2D eigenvalue weighted by atomic mass is 35.5. The third-order valence-corrected chi connectivity index (χ3v) is 2.57. The van der Waals surface area contributed by atoms with E-state index in [-0.39, 0.29) is 12.4 Å². The standard InChI is InChI=1S/C11H11ClN2O.ClH/c1-7-10(6-13)14-15-11(7)8-2-4-9(12)5-3-8;/h2-5H,6,13H2,1H3;1H. The Bertz CT molecular complexity index is 465. The largest absolute Gasteiger partial charge is 0.356 e. The molecule has 0 spiro atoms. The van der Waals surface area contributed by atoms with Gasteiger partial charge < -0.3 is 10.3 Å². The summed E-state index contributed by atoms with van der Waals surface area (Å²) in [6.45, 7) is 2.34. The van der Waals surface area contributed by atoms with Gasteiger partial charge in [-0.2, -0.15) is 0 Å². The van der Waals surface area contributed by atoms with E-state index in [0.29, 0.717) is 11.6 Å². The fourth-order valence-electron chi connectivity index (χ4n) is 1.43. The minimum absolute atomic E-state index is 0. The van der Waals surface area contributed by atoms with Gasteiger partial charge in [-0.1, -0.05) is 16.8 Å². The Balaban J connectivity index is 0.00000128. The van der Waals surface area contributed by atoms with Crippen molar-refractivity contribution in [1.82, 2.24) is 5.16 Å². The van der Waals surface area contributed by atoms with Gasteiger partial charge in [0.15, 0.2) is 5.76 Å². The van der Waals surface area contributed by atoms with Crippen LogP contribution in [0.2, 0.25) is 5.02 Å². The van der Waals surface area contributed by atoms with Crippen molar-refractivity contribution in [3.63, 3.8) is 0 Å². The Hall–Kier alpha value is -1.03. The van der Waals surface area contributed by atoms with Gasteiger partial charge >= 0.3 is 0 Å². The summed E-state index contributed by atoms with van der Waals surface area (Å²) in [5, 5.41) is 4.60. The van der Waals surface area contributed by atoms with Gasteiger partial charge in [-0.25, -0.2) is 0 Å². The van der Waals surface area contributed by atoms with Gasteiger partial charge in [0.1, 0.15) is 5.69 Å². The van der Waals surface area contributed by atoms with Gasteiger partial charge in [-0.05, 0) is 31.2 Å². The van der Waals surface area contributed by atoms with Gasteiger partial charge in [0, 0.05) is 22.7 Å². The van der Waals surface area contributed by atoms with Gasteiger partial charge in [0.05, 0.1) is 0 Å². The molecule has 0 aliphatic carbocycles. The first kappa shape index (κ1) is 13.0. The van der Waals surface area contributed by atoms with Crippen molar-refractivity contribution in [2.24, 2.45) is 5.73 Å². The summed E-state index contributed by atoms with van der Waals surface area (Å²) in [5.74, 6) is 0.757. The summed E-state index contributed by atoms with van der Waals surface area (Å²) >= 11 is 5.81. The molecule has 0 atom stereocenters. The smallest absolute Gasteiger partial charge is 0.170 e. The van der Waals surface area contributed by atoms with E-state index in [0.717, 1.165) is 22.6 Å². The van der Waals surface area contributed by atoms with Crippen LogP contribution in [0.3, 0.4) is 0 Å². The van der Waals surface area contributed by atoms with Gasteiger partial charge in [-0.3, -0.25) is 0 Å². The lowest BCUT2D eigenvalue weighted by molar-refractivity contribution is 0.423. The second kappa shape index (κ2) is 5.34. The van der Waals surface area contributed by atoms with Gasteiger partial charge in [0.2, 0.25) is 0 Å². The molecule has 0 fully saturated rings. The molecule has 2 rings (SSSR count). The molecule has 1 aromatic carbocycles. The SMILES string of the molecule is Cc1c(CN)noc1-c1ccc(Cl)cc1.Cl. The summed E-state index contributed by atoms with van der Waals surface area (Å²) in [6.07, 6.45) is 0. The number of nitrogens with zero attached hydrogens (tertiary/aromatic N) is 1. The Morgan fingerprint density at radius 2 is 1.94 bits per heavy atom. The Morgan fingerprint density at radius 1 is 1.31 bits per heavy atom. The van der Waals surface area contributed by atoms with Crippen LogP contribution in [-0.4, -0.2) is 5.16 Å². The lowest BCUT2D eigenvalue weighted by Gasteiger charge is -1.97. The number of hydrogen-bond donors (Lipinski definition) is 1. The number of aromatic nitrogens is 1. The van der Waals surface area contributed by atoms with Crippen LogP contribution < -0.4 is 5.73 Å². The van der Waals surface area contributed by atoms with E-state index in [9.17, 15) is 0 Å². The fraction of sp³-hybridized carbons (Fsp3) is 0.182. The van der Waals surface area contributed by atoms with E-state index in [2.05, 4.69) is 5.16 Å². The predicted molar refractivity (Wildman–Crippen MR) is 66.8 cm³/mol. The minimum Gasteiger partial charge on any atom is -0.356 e. The second-order valence-electron chi connectivity index (χ2n) is 3.29. The van der Waals surface area contributed by atoms with Crippen LogP contribution >= 0.6 is 24.0 Å². The molecule has 1 aromatic heterocycles. The van der Waals surface area contributed by atoms with Crippen LogP contribution in [0, 0.1) is 6.92 Å².